The Labute approximate surface area is 124 Å². The molecule has 1 aromatic heterocycles. The van der Waals surface area contributed by atoms with Gasteiger partial charge in [0.15, 0.2) is 0 Å². The molecule has 4 heteroatoms. The van der Waals surface area contributed by atoms with E-state index < -0.39 is 0 Å². The van der Waals surface area contributed by atoms with E-state index in [1.165, 1.54) is 27.8 Å². The Bertz CT molecular complexity index is 581. The number of fused-ring (bicyclic) bond motifs is 1. The third-order valence-corrected chi connectivity index (χ3v) is 5.24. The molecule has 2 aromatic rings. The molecule has 20 heavy (non-hydrogen) atoms. The predicted molar refractivity (Wildman–Crippen MR) is 87.3 cm³/mol. The molecule has 2 heterocycles. The molecule has 0 aliphatic carbocycles. The smallest absolute Gasteiger partial charge is 0.0490 e. The average molecular weight is 287 g/mol. The molecule has 0 spiro atoms. The van der Waals surface area contributed by atoms with Crippen LogP contribution in [0.1, 0.15) is 11.6 Å². The van der Waals surface area contributed by atoms with E-state index in [-0.39, 0.29) is 0 Å². The van der Waals surface area contributed by atoms with Crippen LogP contribution in [0.25, 0.3) is 10.8 Å². The van der Waals surface area contributed by atoms with E-state index >= 15 is 0 Å². The fourth-order valence-electron chi connectivity index (χ4n) is 3.02. The number of thioether (sulfide) groups is 1. The zero-order chi connectivity index (χ0) is 13.9. The van der Waals surface area contributed by atoms with Crippen molar-refractivity contribution >= 4 is 22.5 Å². The second-order valence-corrected chi connectivity index (χ2v) is 6.48. The monoisotopic (exact) mass is 287 g/mol. The molecule has 106 valence electrons. The summed E-state index contributed by atoms with van der Waals surface area (Å²) < 4.78 is 0. The minimum absolute atomic E-state index is 0.348. The summed E-state index contributed by atoms with van der Waals surface area (Å²) in [5.41, 5.74) is 1.36. The molecule has 0 bridgehead atoms. The highest BCUT2D eigenvalue weighted by molar-refractivity contribution is 7.99. The first-order valence-corrected chi connectivity index (χ1v) is 8.24. The normalized spacial score (nSPS) is 22.0. The van der Waals surface area contributed by atoms with Gasteiger partial charge in [-0.25, -0.2) is 0 Å². The maximum Gasteiger partial charge on any atom is 0.0490 e. The van der Waals surface area contributed by atoms with Gasteiger partial charge in [-0.3, -0.25) is 9.88 Å². The summed E-state index contributed by atoms with van der Waals surface area (Å²) in [6, 6.07) is 9.51. The van der Waals surface area contributed by atoms with Crippen LogP contribution >= 0.6 is 11.8 Å². The number of benzene rings is 1. The lowest BCUT2D eigenvalue weighted by Crippen LogP contribution is -2.47. The van der Waals surface area contributed by atoms with Crippen molar-refractivity contribution in [1.29, 1.82) is 0 Å². The third kappa shape index (κ3) is 2.55. The molecule has 1 aliphatic heterocycles. The third-order valence-electron chi connectivity index (χ3n) is 4.19. The van der Waals surface area contributed by atoms with Crippen LogP contribution in [-0.4, -0.2) is 48.1 Å². The first-order valence-electron chi connectivity index (χ1n) is 7.09. The number of rotatable bonds is 3. The maximum absolute atomic E-state index is 4.31. The topological polar surface area (TPSA) is 28.2 Å². The summed E-state index contributed by atoms with van der Waals surface area (Å²) in [5, 5.41) is 6.06. The van der Waals surface area contributed by atoms with Gasteiger partial charge >= 0.3 is 0 Å². The van der Waals surface area contributed by atoms with E-state index in [4.69, 9.17) is 0 Å². The van der Waals surface area contributed by atoms with E-state index in [0.717, 1.165) is 6.54 Å². The second-order valence-electron chi connectivity index (χ2n) is 5.33. The fraction of sp³-hybridized carbons (Fsp3) is 0.438. The van der Waals surface area contributed by atoms with E-state index in [1.807, 2.05) is 12.4 Å². The van der Waals surface area contributed by atoms with Crippen molar-refractivity contribution in [1.82, 2.24) is 15.2 Å². The van der Waals surface area contributed by atoms with Crippen LogP contribution in [0.4, 0.5) is 0 Å². The van der Waals surface area contributed by atoms with Crippen molar-refractivity contribution < 1.29 is 0 Å². The lowest BCUT2D eigenvalue weighted by Gasteiger charge is -2.38. The molecule has 0 amide bonds. The summed E-state index contributed by atoms with van der Waals surface area (Å²) in [7, 11) is 4.30. The molecule has 2 atom stereocenters. The average Bonchev–Trinajstić information content (AvgIpc) is 2.50. The molecule has 1 aliphatic rings. The van der Waals surface area contributed by atoms with Crippen molar-refractivity contribution in [2.45, 2.75) is 12.1 Å². The Kier molecular flexibility index (Phi) is 4.24. The minimum Gasteiger partial charge on any atom is -0.312 e. The number of nitrogens with one attached hydrogen (secondary N) is 1. The molecule has 3 nitrogen and oxygen atoms in total. The maximum atomic E-state index is 4.31. The van der Waals surface area contributed by atoms with Crippen molar-refractivity contribution in [3.8, 4) is 0 Å². The van der Waals surface area contributed by atoms with Gasteiger partial charge in [-0.05, 0) is 31.1 Å². The zero-order valence-electron chi connectivity index (χ0n) is 12.0. The van der Waals surface area contributed by atoms with Crippen LogP contribution in [0.5, 0.6) is 0 Å². The van der Waals surface area contributed by atoms with Gasteiger partial charge in [-0.15, -0.1) is 0 Å². The fourth-order valence-corrected chi connectivity index (χ4v) is 4.29. The molecular formula is C16H21N3S. The number of hydrogen-bond donors (Lipinski definition) is 1. The van der Waals surface area contributed by atoms with Crippen LogP contribution in [-0.2, 0) is 0 Å². The Morgan fingerprint density at radius 2 is 2.30 bits per heavy atom. The number of aromatic nitrogens is 1. The first-order chi connectivity index (χ1) is 9.81. The van der Waals surface area contributed by atoms with Crippen molar-refractivity contribution in [2.75, 3.05) is 32.1 Å². The van der Waals surface area contributed by atoms with Gasteiger partial charge in [-0.1, -0.05) is 18.2 Å². The lowest BCUT2D eigenvalue weighted by molar-refractivity contribution is 0.222. The highest BCUT2D eigenvalue weighted by Gasteiger charge is 2.29. The minimum atomic E-state index is 0.348. The second kappa shape index (κ2) is 6.12. The molecule has 1 saturated heterocycles. The molecule has 1 aromatic carbocycles. The molecule has 1 fully saturated rings. The predicted octanol–water partition coefficient (Wildman–Crippen LogP) is 2.54. The van der Waals surface area contributed by atoms with Crippen LogP contribution in [0.2, 0.25) is 0 Å². The van der Waals surface area contributed by atoms with Crippen LogP contribution < -0.4 is 5.32 Å². The van der Waals surface area contributed by atoms with E-state index in [2.05, 4.69) is 65.3 Å². The highest BCUT2D eigenvalue weighted by Crippen LogP contribution is 2.30. The van der Waals surface area contributed by atoms with Crippen LogP contribution in [0, 0.1) is 0 Å². The summed E-state index contributed by atoms with van der Waals surface area (Å²) in [5.74, 6) is 2.42. The van der Waals surface area contributed by atoms with Gasteiger partial charge in [0.05, 0.1) is 0 Å². The zero-order valence-corrected chi connectivity index (χ0v) is 12.9. The van der Waals surface area contributed by atoms with Crippen molar-refractivity contribution in [3.63, 3.8) is 0 Å². The number of hydrogen-bond acceptors (Lipinski definition) is 4. The molecule has 0 saturated carbocycles. The molecule has 1 N–H and O–H groups in total. The summed E-state index contributed by atoms with van der Waals surface area (Å²) in [4.78, 5) is 6.79. The molecule has 2 unspecified atom stereocenters. The Morgan fingerprint density at radius 3 is 3.10 bits per heavy atom. The number of pyridine rings is 1. The van der Waals surface area contributed by atoms with Gasteiger partial charge in [0, 0.05) is 47.9 Å². The van der Waals surface area contributed by atoms with Gasteiger partial charge < -0.3 is 5.32 Å². The summed E-state index contributed by atoms with van der Waals surface area (Å²) in [6.07, 6.45) is 3.86. The number of likely N-dealkylation sites (N-methyl/N-ethyl adjacent to an activating group) is 2. The van der Waals surface area contributed by atoms with Crippen LogP contribution in [0.3, 0.4) is 0 Å². The van der Waals surface area contributed by atoms with E-state index in [0.29, 0.717) is 12.1 Å². The van der Waals surface area contributed by atoms with Crippen molar-refractivity contribution in [2.24, 2.45) is 0 Å². The van der Waals surface area contributed by atoms with Crippen molar-refractivity contribution in [3.05, 3.63) is 42.2 Å². The van der Waals surface area contributed by atoms with E-state index in [9.17, 15) is 0 Å². The number of nitrogens with zero attached hydrogens (tertiary/aromatic N) is 2. The van der Waals surface area contributed by atoms with Crippen LogP contribution in [0.15, 0.2) is 36.7 Å². The SMILES string of the molecule is CNC(c1cccc2ccncc12)C1CSCCN1C. The van der Waals surface area contributed by atoms with Gasteiger partial charge in [0.25, 0.3) is 0 Å². The Morgan fingerprint density at radius 1 is 1.40 bits per heavy atom. The largest absolute Gasteiger partial charge is 0.312 e. The molecule has 3 rings (SSSR count). The first kappa shape index (κ1) is 13.9. The summed E-state index contributed by atoms with van der Waals surface area (Å²) in [6.45, 7) is 1.16. The summed E-state index contributed by atoms with van der Waals surface area (Å²) >= 11 is 2.05. The van der Waals surface area contributed by atoms with E-state index in [1.54, 1.807) is 0 Å². The lowest BCUT2D eigenvalue weighted by atomic mass is 9.95. The standard InChI is InChI=1S/C16H21N3S/c1-17-16(15-11-20-9-8-19(15)2)13-5-3-4-12-6-7-18-10-14(12)13/h3-7,10,15-17H,8-9,11H2,1-2H3. The Hall–Kier alpha value is -1.10. The van der Waals surface area contributed by atoms with Gasteiger partial charge in [0.1, 0.15) is 0 Å². The van der Waals surface area contributed by atoms with Gasteiger partial charge in [-0.2, -0.15) is 11.8 Å². The molecular weight excluding hydrogens is 266 g/mol. The Balaban J connectivity index is 2.02. The molecule has 0 radical (unpaired) electrons. The highest BCUT2D eigenvalue weighted by atomic mass is 32.2. The van der Waals surface area contributed by atoms with Gasteiger partial charge in [0.2, 0.25) is 0 Å². The quantitative estimate of drug-likeness (QED) is 0.939.